The summed E-state index contributed by atoms with van der Waals surface area (Å²) in [7, 11) is 3.41. The van der Waals surface area contributed by atoms with Crippen molar-refractivity contribution < 1.29 is 9.47 Å². The van der Waals surface area contributed by atoms with Crippen LogP contribution in [0.2, 0.25) is 10.0 Å². The van der Waals surface area contributed by atoms with Gasteiger partial charge in [0.15, 0.2) is 11.8 Å². The van der Waals surface area contributed by atoms with Gasteiger partial charge in [0.1, 0.15) is 18.2 Å². The Hall–Kier alpha value is -2.03. The molecule has 0 saturated carbocycles. The van der Waals surface area contributed by atoms with E-state index < -0.39 is 0 Å². The fourth-order valence-electron chi connectivity index (χ4n) is 3.11. The highest BCUT2D eigenvalue weighted by atomic mass is 35.5. The first kappa shape index (κ1) is 21.7. The van der Waals surface area contributed by atoms with Crippen molar-refractivity contribution in [1.82, 2.24) is 25.4 Å². The number of ether oxygens (including phenoxy) is 2. The number of nitrogens with one attached hydrogen (secondary N) is 2. The highest BCUT2D eigenvalue weighted by Gasteiger charge is 2.22. The lowest BCUT2D eigenvalue weighted by molar-refractivity contribution is 0.177. The molecule has 0 bridgehead atoms. The van der Waals surface area contributed by atoms with Crippen molar-refractivity contribution in [2.75, 3.05) is 27.3 Å². The number of guanidine groups is 1. The molecule has 0 fully saturated rings. The van der Waals surface area contributed by atoms with Crippen molar-refractivity contribution in [2.45, 2.75) is 38.5 Å². The first-order chi connectivity index (χ1) is 14.1. The molecule has 2 heterocycles. The van der Waals surface area contributed by atoms with Gasteiger partial charge < -0.3 is 20.1 Å². The van der Waals surface area contributed by atoms with Crippen LogP contribution >= 0.6 is 23.2 Å². The van der Waals surface area contributed by atoms with E-state index in [9.17, 15) is 0 Å². The van der Waals surface area contributed by atoms with Crippen LogP contribution in [0.4, 0.5) is 0 Å². The molecule has 8 nitrogen and oxygen atoms in total. The number of fused-ring (bicyclic) bond motifs is 1. The zero-order valence-corrected chi connectivity index (χ0v) is 18.1. The van der Waals surface area contributed by atoms with Gasteiger partial charge in [0.25, 0.3) is 0 Å². The number of hydrogen-bond acceptors (Lipinski definition) is 5. The van der Waals surface area contributed by atoms with Crippen LogP contribution in [0.15, 0.2) is 23.2 Å². The monoisotopic (exact) mass is 440 g/mol. The fourth-order valence-corrected chi connectivity index (χ4v) is 3.57. The van der Waals surface area contributed by atoms with Crippen molar-refractivity contribution in [3.8, 4) is 5.75 Å². The topological polar surface area (TPSA) is 85.6 Å². The first-order valence-corrected chi connectivity index (χ1v) is 10.3. The minimum absolute atomic E-state index is 0.245. The summed E-state index contributed by atoms with van der Waals surface area (Å²) in [4.78, 5) is 8.81. The highest BCUT2D eigenvalue weighted by Crippen LogP contribution is 2.27. The predicted octanol–water partition coefficient (Wildman–Crippen LogP) is 2.68. The van der Waals surface area contributed by atoms with Crippen LogP contribution in [-0.4, -0.2) is 54.1 Å². The normalized spacial score (nSPS) is 16.4. The van der Waals surface area contributed by atoms with Crippen molar-refractivity contribution >= 4 is 29.2 Å². The van der Waals surface area contributed by atoms with E-state index in [1.165, 1.54) is 0 Å². The standard InChI is InChI=1S/C19H26Cl2N6O2/c1-22-19(23-8-3-9-29-16-6-4-13(20)10-15(16)21)24-14-5-7-18-25-17(12-28-2)26-27(18)11-14/h4,6,10,14H,3,5,7-9,11-12H2,1-2H3,(H2,22,23,24). The molecule has 1 unspecified atom stereocenters. The number of nitrogens with zero attached hydrogens (tertiary/aromatic N) is 4. The third-order valence-electron chi connectivity index (χ3n) is 4.50. The van der Waals surface area contributed by atoms with Crippen LogP contribution in [0.5, 0.6) is 5.75 Å². The molecule has 0 radical (unpaired) electrons. The molecule has 1 aromatic heterocycles. The quantitative estimate of drug-likeness (QED) is 0.372. The van der Waals surface area contributed by atoms with Crippen LogP contribution < -0.4 is 15.4 Å². The van der Waals surface area contributed by atoms with Gasteiger partial charge >= 0.3 is 0 Å². The maximum Gasteiger partial charge on any atom is 0.191 e. The lowest BCUT2D eigenvalue weighted by Gasteiger charge is -2.25. The predicted molar refractivity (Wildman–Crippen MR) is 114 cm³/mol. The largest absolute Gasteiger partial charge is 0.492 e. The summed E-state index contributed by atoms with van der Waals surface area (Å²) < 4.78 is 12.8. The van der Waals surface area contributed by atoms with E-state index in [-0.39, 0.29) is 6.04 Å². The molecular weight excluding hydrogens is 415 g/mol. The molecule has 10 heteroatoms. The van der Waals surface area contributed by atoms with E-state index in [1.54, 1.807) is 32.4 Å². The molecule has 3 rings (SSSR count). The molecule has 1 atom stereocenters. The van der Waals surface area contributed by atoms with Crippen molar-refractivity contribution in [1.29, 1.82) is 0 Å². The number of rotatable bonds is 8. The Labute approximate surface area is 180 Å². The van der Waals surface area contributed by atoms with Crippen molar-refractivity contribution in [3.05, 3.63) is 39.9 Å². The van der Waals surface area contributed by atoms with Gasteiger partial charge in [0.05, 0.1) is 18.2 Å². The molecule has 1 aliphatic heterocycles. The van der Waals surface area contributed by atoms with Crippen LogP contribution in [-0.2, 0) is 24.3 Å². The number of aromatic nitrogens is 3. The van der Waals surface area contributed by atoms with E-state index in [0.29, 0.717) is 29.0 Å². The molecule has 1 aliphatic rings. The van der Waals surface area contributed by atoms with Gasteiger partial charge in [0, 0.05) is 38.2 Å². The second kappa shape index (κ2) is 10.7. The van der Waals surface area contributed by atoms with Gasteiger partial charge in [-0.3, -0.25) is 4.99 Å². The Balaban J connectivity index is 1.39. The third-order valence-corrected chi connectivity index (χ3v) is 5.04. The number of benzene rings is 1. The summed E-state index contributed by atoms with van der Waals surface area (Å²) in [6.07, 6.45) is 2.66. The lowest BCUT2D eigenvalue weighted by atomic mass is 10.1. The molecule has 2 N–H and O–H groups in total. The Morgan fingerprint density at radius 3 is 3.00 bits per heavy atom. The zero-order chi connectivity index (χ0) is 20.6. The average Bonchev–Trinajstić information content (AvgIpc) is 3.10. The van der Waals surface area contributed by atoms with E-state index in [4.69, 9.17) is 32.7 Å². The summed E-state index contributed by atoms with van der Waals surface area (Å²) >= 11 is 12.0. The fraction of sp³-hybridized carbons (Fsp3) is 0.526. The van der Waals surface area contributed by atoms with Crippen LogP contribution in [0.3, 0.4) is 0 Å². The molecule has 1 aromatic carbocycles. The number of hydrogen-bond donors (Lipinski definition) is 2. The highest BCUT2D eigenvalue weighted by molar-refractivity contribution is 6.35. The average molecular weight is 441 g/mol. The minimum atomic E-state index is 0.245. The molecule has 2 aromatic rings. The Morgan fingerprint density at radius 2 is 2.24 bits per heavy atom. The van der Waals surface area contributed by atoms with Gasteiger partial charge in [-0.05, 0) is 31.0 Å². The molecular formula is C19H26Cl2N6O2. The number of methoxy groups -OCH3 is 1. The molecule has 0 amide bonds. The van der Waals surface area contributed by atoms with Gasteiger partial charge in [-0.2, -0.15) is 5.10 Å². The van der Waals surface area contributed by atoms with E-state index >= 15 is 0 Å². The smallest absolute Gasteiger partial charge is 0.191 e. The SMILES string of the molecule is CN=C(NCCCOc1ccc(Cl)cc1Cl)NC1CCc2nc(COC)nn2C1. The van der Waals surface area contributed by atoms with E-state index in [1.807, 2.05) is 4.68 Å². The molecule has 0 spiro atoms. The maximum atomic E-state index is 6.11. The van der Waals surface area contributed by atoms with E-state index in [0.717, 1.165) is 50.0 Å². The first-order valence-electron chi connectivity index (χ1n) is 9.55. The van der Waals surface area contributed by atoms with Gasteiger partial charge in [0.2, 0.25) is 0 Å². The van der Waals surface area contributed by atoms with Gasteiger partial charge in [-0.1, -0.05) is 23.2 Å². The Kier molecular flexibility index (Phi) is 7.97. The summed E-state index contributed by atoms with van der Waals surface area (Å²) in [6.45, 7) is 2.46. The van der Waals surface area contributed by atoms with Crippen LogP contribution in [0.1, 0.15) is 24.5 Å². The second-order valence-corrected chi connectivity index (χ2v) is 7.56. The van der Waals surface area contributed by atoms with Gasteiger partial charge in [-0.25, -0.2) is 9.67 Å². The minimum Gasteiger partial charge on any atom is -0.492 e. The van der Waals surface area contributed by atoms with Crippen molar-refractivity contribution in [3.63, 3.8) is 0 Å². The summed E-state index contributed by atoms with van der Waals surface area (Å²) in [5, 5.41) is 12.4. The number of halogens is 2. The summed E-state index contributed by atoms with van der Waals surface area (Å²) in [6, 6.07) is 5.45. The third kappa shape index (κ3) is 6.22. The zero-order valence-electron chi connectivity index (χ0n) is 16.6. The number of aryl methyl sites for hydroxylation is 1. The molecule has 0 saturated heterocycles. The van der Waals surface area contributed by atoms with Crippen LogP contribution in [0, 0.1) is 0 Å². The molecule has 29 heavy (non-hydrogen) atoms. The molecule has 0 aliphatic carbocycles. The van der Waals surface area contributed by atoms with Crippen LogP contribution in [0.25, 0.3) is 0 Å². The summed E-state index contributed by atoms with van der Waals surface area (Å²) in [5.41, 5.74) is 0. The lowest BCUT2D eigenvalue weighted by Crippen LogP contribution is -2.47. The van der Waals surface area contributed by atoms with Crippen molar-refractivity contribution in [2.24, 2.45) is 4.99 Å². The summed E-state index contributed by atoms with van der Waals surface area (Å²) in [5.74, 6) is 3.14. The maximum absolute atomic E-state index is 6.11. The van der Waals surface area contributed by atoms with Gasteiger partial charge in [-0.15, -0.1) is 0 Å². The van der Waals surface area contributed by atoms with E-state index in [2.05, 4.69) is 25.7 Å². The second-order valence-electron chi connectivity index (χ2n) is 6.72. The Bertz CT molecular complexity index is 842. The molecule has 158 valence electrons. The Morgan fingerprint density at radius 1 is 1.38 bits per heavy atom. The number of aliphatic imine (C=N–C) groups is 1.